The Morgan fingerprint density at radius 1 is 1.45 bits per heavy atom. The lowest BCUT2D eigenvalue weighted by Crippen LogP contribution is -2.46. The van der Waals surface area contributed by atoms with Gasteiger partial charge in [-0.15, -0.1) is 0 Å². The zero-order valence-corrected chi connectivity index (χ0v) is 13.8. The van der Waals surface area contributed by atoms with E-state index in [1.54, 1.807) is 0 Å². The van der Waals surface area contributed by atoms with Crippen molar-refractivity contribution in [3.63, 3.8) is 0 Å². The van der Waals surface area contributed by atoms with Gasteiger partial charge in [-0.1, -0.05) is 22.4 Å². The number of hydrogen-bond donors (Lipinski definition) is 1. The van der Waals surface area contributed by atoms with Crippen LogP contribution in [-0.2, 0) is 0 Å². The fraction of sp³-hybridized carbons (Fsp3) is 0.562. The molecule has 1 saturated heterocycles. The fourth-order valence-electron chi connectivity index (χ4n) is 2.74. The first-order valence-corrected chi connectivity index (χ1v) is 8.11. The SMILES string of the molecule is CC(C)N(CC1CCCCN1)c1cc(Br)ccc1C#N. The van der Waals surface area contributed by atoms with Gasteiger partial charge in [0.15, 0.2) is 0 Å². The van der Waals surface area contributed by atoms with Crippen molar-refractivity contribution in [3.8, 4) is 6.07 Å². The first-order chi connectivity index (χ1) is 9.61. The zero-order chi connectivity index (χ0) is 14.5. The lowest BCUT2D eigenvalue weighted by Gasteiger charge is -2.35. The predicted molar refractivity (Wildman–Crippen MR) is 87.0 cm³/mol. The molecule has 0 saturated carbocycles. The molecule has 1 N–H and O–H groups in total. The number of benzene rings is 1. The van der Waals surface area contributed by atoms with Crippen molar-refractivity contribution in [2.45, 2.75) is 45.2 Å². The summed E-state index contributed by atoms with van der Waals surface area (Å²) in [4.78, 5) is 2.34. The van der Waals surface area contributed by atoms with E-state index in [-0.39, 0.29) is 0 Å². The molecule has 0 amide bonds. The quantitative estimate of drug-likeness (QED) is 0.912. The van der Waals surface area contributed by atoms with Crippen molar-refractivity contribution in [3.05, 3.63) is 28.2 Å². The van der Waals surface area contributed by atoms with E-state index >= 15 is 0 Å². The van der Waals surface area contributed by atoms with Crippen LogP contribution in [0.5, 0.6) is 0 Å². The third kappa shape index (κ3) is 3.74. The van der Waals surface area contributed by atoms with Crippen molar-refractivity contribution in [2.75, 3.05) is 18.0 Å². The Morgan fingerprint density at radius 2 is 2.25 bits per heavy atom. The molecule has 20 heavy (non-hydrogen) atoms. The molecule has 1 atom stereocenters. The van der Waals surface area contributed by atoms with E-state index in [1.165, 1.54) is 19.3 Å². The van der Waals surface area contributed by atoms with E-state index in [0.29, 0.717) is 12.1 Å². The Balaban J connectivity index is 2.24. The summed E-state index contributed by atoms with van der Waals surface area (Å²) in [6, 6.07) is 9.09. The molecule has 1 heterocycles. The standard InChI is InChI=1S/C16H22BrN3/c1-12(2)20(11-15-5-3-4-8-19-15)16-9-14(17)7-6-13(16)10-18/h6-7,9,12,15,19H,3-5,8,11H2,1-2H3. The maximum atomic E-state index is 9.34. The average Bonchev–Trinajstić information content (AvgIpc) is 2.45. The molecule has 1 aromatic carbocycles. The average molecular weight is 336 g/mol. The predicted octanol–water partition coefficient (Wildman–Crippen LogP) is 3.68. The second kappa shape index (κ2) is 7.10. The number of nitriles is 1. The molecule has 1 aliphatic rings. The second-order valence-electron chi connectivity index (χ2n) is 5.67. The summed E-state index contributed by atoms with van der Waals surface area (Å²) in [7, 11) is 0. The monoisotopic (exact) mass is 335 g/mol. The van der Waals surface area contributed by atoms with Gasteiger partial charge in [-0.2, -0.15) is 5.26 Å². The molecule has 0 aromatic heterocycles. The molecule has 1 aromatic rings. The number of halogens is 1. The van der Waals surface area contributed by atoms with Gasteiger partial charge in [-0.3, -0.25) is 0 Å². The van der Waals surface area contributed by atoms with Crippen LogP contribution in [0.15, 0.2) is 22.7 Å². The van der Waals surface area contributed by atoms with Crippen molar-refractivity contribution < 1.29 is 0 Å². The third-order valence-electron chi connectivity index (χ3n) is 3.84. The third-order valence-corrected chi connectivity index (χ3v) is 4.34. The molecule has 0 bridgehead atoms. The summed E-state index contributed by atoms with van der Waals surface area (Å²) in [6.45, 7) is 6.44. The van der Waals surface area contributed by atoms with Crippen LogP contribution in [0.3, 0.4) is 0 Å². The summed E-state index contributed by atoms with van der Waals surface area (Å²) >= 11 is 3.52. The van der Waals surface area contributed by atoms with Gasteiger partial charge in [0.1, 0.15) is 6.07 Å². The topological polar surface area (TPSA) is 39.1 Å². The van der Waals surface area contributed by atoms with Crippen LogP contribution in [0, 0.1) is 11.3 Å². The van der Waals surface area contributed by atoms with Crippen molar-refractivity contribution in [2.24, 2.45) is 0 Å². The molecular weight excluding hydrogens is 314 g/mol. The van der Waals surface area contributed by atoms with Gasteiger partial charge in [-0.05, 0) is 51.4 Å². The highest BCUT2D eigenvalue weighted by Crippen LogP contribution is 2.27. The van der Waals surface area contributed by atoms with Crippen LogP contribution in [-0.4, -0.2) is 25.2 Å². The van der Waals surface area contributed by atoms with Crippen LogP contribution in [0.2, 0.25) is 0 Å². The van der Waals surface area contributed by atoms with E-state index in [9.17, 15) is 5.26 Å². The first-order valence-electron chi connectivity index (χ1n) is 7.31. The second-order valence-corrected chi connectivity index (χ2v) is 6.58. The normalized spacial score (nSPS) is 18.9. The number of nitrogens with one attached hydrogen (secondary N) is 1. The molecule has 0 spiro atoms. The highest BCUT2D eigenvalue weighted by Gasteiger charge is 2.21. The molecule has 2 rings (SSSR count). The summed E-state index contributed by atoms with van der Waals surface area (Å²) in [5, 5.41) is 12.9. The molecular formula is C16H22BrN3. The van der Waals surface area contributed by atoms with Crippen molar-refractivity contribution >= 4 is 21.6 Å². The lowest BCUT2D eigenvalue weighted by molar-refractivity contribution is 0.393. The zero-order valence-electron chi connectivity index (χ0n) is 12.2. The van der Waals surface area contributed by atoms with Gasteiger partial charge in [0.05, 0.1) is 11.3 Å². The Kier molecular flexibility index (Phi) is 5.45. The van der Waals surface area contributed by atoms with Crippen LogP contribution < -0.4 is 10.2 Å². The summed E-state index contributed by atoms with van der Waals surface area (Å²) in [5.41, 5.74) is 1.78. The molecule has 1 aliphatic heterocycles. The molecule has 1 unspecified atom stereocenters. The minimum atomic E-state index is 0.375. The van der Waals surface area contributed by atoms with E-state index in [2.05, 4.69) is 52.1 Å². The molecule has 0 radical (unpaired) electrons. The number of nitrogens with zero attached hydrogens (tertiary/aromatic N) is 2. The van der Waals surface area contributed by atoms with Gasteiger partial charge in [0, 0.05) is 23.1 Å². The number of rotatable bonds is 4. The molecule has 108 valence electrons. The van der Waals surface area contributed by atoms with Gasteiger partial charge < -0.3 is 10.2 Å². The fourth-order valence-corrected chi connectivity index (χ4v) is 3.09. The smallest absolute Gasteiger partial charge is 0.101 e. The first kappa shape index (κ1) is 15.3. The minimum absolute atomic E-state index is 0.375. The van der Waals surface area contributed by atoms with E-state index in [1.807, 2.05) is 12.1 Å². The summed E-state index contributed by atoms with van der Waals surface area (Å²) in [6.07, 6.45) is 3.80. The number of hydrogen-bond acceptors (Lipinski definition) is 3. The number of piperidine rings is 1. The molecule has 4 heteroatoms. The summed E-state index contributed by atoms with van der Waals surface area (Å²) in [5.74, 6) is 0. The Bertz CT molecular complexity index is 487. The van der Waals surface area contributed by atoms with Crippen molar-refractivity contribution in [1.29, 1.82) is 5.26 Å². The molecule has 1 fully saturated rings. The van der Waals surface area contributed by atoms with Crippen LogP contribution in [0.4, 0.5) is 5.69 Å². The maximum absolute atomic E-state index is 9.34. The minimum Gasteiger partial charge on any atom is -0.366 e. The van der Waals surface area contributed by atoms with E-state index < -0.39 is 0 Å². The van der Waals surface area contributed by atoms with Gasteiger partial charge in [-0.25, -0.2) is 0 Å². The highest BCUT2D eigenvalue weighted by molar-refractivity contribution is 9.10. The van der Waals surface area contributed by atoms with Crippen molar-refractivity contribution in [1.82, 2.24) is 5.32 Å². The highest BCUT2D eigenvalue weighted by atomic mass is 79.9. The Morgan fingerprint density at radius 3 is 2.85 bits per heavy atom. The van der Waals surface area contributed by atoms with Gasteiger partial charge in [0.2, 0.25) is 0 Å². The molecule has 0 aliphatic carbocycles. The Hall–Kier alpha value is -1.05. The van der Waals surface area contributed by atoms with Crippen LogP contribution in [0.25, 0.3) is 0 Å². The lowest BCUT2D eigenvalue weighted by atomic mass is 10.0. The van der Waals surface area contributed by atoms with Gasteiger partial charge >= 0.3 is 0 Å². The van der Waals surface area contributed by atoms with E-state index in [4.69, 9.17) is 0 Å². The number of anilines is 1. The van der Waals surface area contributed by atoms with Crippen LogP contribution >= 0.6 is 15.9 Å². The van der Waals surface area contributed by atoms with Crippen LogP contribution in [0.1, 0.15) is 38.7 Å². The summed E-state index contributed by atoms with van der Waals surface area (Å²) < 4.78 is 1.02. The van der Waals surface area contributed by atoms with E-state index in [0.717, 1.165) is 28.8 Å². The van der Waals surface area contributed by atoms with Gasteiger partial charge in [0.25, 0.3) is 0 Å². The molecule has 3 nitrogen and oxygen atoms in total. The largest absolute Gasteiger partial charge is 0.366 e. The maximum Gasteiger partial charge on any atom is 0.101 e. The Labute approximate surface area is 130 Å².